The summed E-state index contributed by atoms with van der Waals surface area (Å²) < 4.78 is 45.9. The van der Waals surface area contributed by atoms with Crippen molar-refractivity contribution in [3.63, 3.8) is 0 Å². The number of H-pyrrole nitrogens is 1. The summed E-state index contributed by atoms with van der Waals surface area (Å²) in [5.41, 5.74) is -1.92. The van der Waals surface area contributed by atoms with Crippen molar-refractivity contribution in [1.82, 2.24) is 9.55 Å². The molecule has 0 aliphatic rings. The first-order valence-corrected chi connectivity index (χ1v) is 11.1. The molecule has 24 heavy (non-hydrogen) atoms. The van der Waals surface area contributed by atoms with Gasteiger partial charge in [0.15, 0.2) is 6.29 Å². The minimum atomic E-state index is -4.63. The molecule has 1 N–H and O–H groups in total. The van der Waals surface area contributed by atoms with E-state index in [9.17, 15) is 22.8 Å². The number of carbonyl (C=O) groups excluding carboxylic acids is 1. The first kappa shape index (κ1) is 18.5. The smallest absolute Gasteiger partial charge is 0.361 e. The largest absolute Gasteiger partial charge is 0.418 e. The van der Waals surface area contributed by atoms with Gasteiger partial charge in [-0.3, -0.25) is 9.59 Å². The van der Waals surface area contributed by atoms with Crippen LogP contribution in [0.4, 0.5) is 13.2 Å². The standard InChI is InChI=1S/C15H19F3N2O3Si/c1-24(2,3)5-4-23-9-20-10(8-21)6-11-12(15(16,17)18)7-19-14(22)13(11)20/h6-8H,4-5,9H2,1-3H3,(H,19,22). The van der Waals surface area contributed by atoms with E-state index in [1.165, 1.54) is 4.57 Å². The molecule has 2 heterocycles. The van der Waals surface area contributed by atoms with Crippen LogP contribution < -0.4 is 5.56 Å². The molecule has 0 saturated carbocycles. The fourth-order valence-corrected chi connectivity index (χ4v) is 3.06. The van der Waals surface area contributed by atoms with Gasteiger partial charge < -0.3 is 14.3 Å². The third-order valence-electron chi connectivity index (χ3n) is 3.62. The molecule has 2 aromatic rings. The van der Waals surface area contributed by atoms with Crippen LogP contribution in [0.15, 0.2) is 17.1 Å². The van der Waals surface area contributed by atoms with Crippen molar-refractivity contribution in [2.24, 2.45) is 0 Å². The summed E-state index contributed by atoms with van der Waals surface area (Å²) in [6, 6.07) is 1.94. The van der Waals surface area contributed by atoms with Gasteiger partial charge in [-0.25, -0.2) is 0 Å². The van der Waals surface area contributed by atoms with Crippen LogP contribution in [0.25, 0.3) is 10.9 Å². The molecule has 5 nitrogen and oxygen atoms in total. The minimum Gasteiger partial charge on any atom is -0.361 e. The molecule has 0 amide bonds. The summed E-state index contributed by atoms with van der Waals surface area (Å²) in [6.45, 7) is 6.77. The highest BCUT2D eigenvalue weighted by Gasteiger charge is 2.34. The van der Waals surface area contributed by atoms with E-state index in [0.717, 1.165) is 12.1 Å². The second-order valence-electron chi connectivity index (χ2n) is 6.75. The normalized spacial score (nSPS) is 12.8. The molecule has 0 saturated heterocycles. The predicted molar refractivity (Wildman–Crippen MR) is 87.1 cm³/mol. The quantitative estimate of drug-likeness (QED) is 0.487. The number of nitrogens with zero attached hydrogens (tertiary/aromatic N) is 1. The summed E-state index contributed by atoms with van der Waals surface area (Å²) in [5.74, 6) is 0. The molecular weight excluding hydrogens is 341 g/mol. The van der Waals surface area contributed by atoms with E-state index in [1.807, 2.05) is 0 Å². The van der Waals surface area contributed by atoms with Crippen molar-refractivity contribution in [1.29, 1.82) is 0 Å². The van der Waals surface area contributed by atoms with Crippen LogP contribution in [-0.4, -0.2) is 30.5 Å². The lowest BCUT2D eigenvalue weighted by atomic mass is 10.2. The van der Waals surface area contributed by atoms with E-state index in [0.29, 0.717) is 19.1 Å². The topological polar surface area (TPSA) is 64.1 Å². The molecule has 0 fully saturated rings. The van der Waals surface area contributed by atoms with E-state index >= 15 is 0 Å². The molecule has 2 rings (SSSR count). The van der Waals surface area contributed by atoms with E-state index in [4.69, 9.17) is 4.74 Å². The van der Waals surface area contributed by atoms with E-state index < -0.39 is 25.4 Å². The van der Waals surface area contributed by atoms with Crippen LogP contribution in [0.1, 0.15) is 16.1 Å². The molecule has 0 aliphatic carbocycles. The highest BCUT2D eigenvalue weighted by atomic mass is 28.3. The summed E-state index contributed by atoms with van der Waals surface area (Å²) in [7, 11) is -1.32. The van der Waals surface area contributed by atoms with Crippen molar-refractivity contribution in [3.05, 3.63) is 33.9 Å². The average molecular weight is 360 g/mol. The Morgan fingerprint density at radius 3 is 2.54 bits per heavy atom. The number of aromatic amines is 1. The third-order valence-corrected chi connectivity index (χ3v) is 5.33. The first-order valence-electron chi connectivity index (χ1n) is 7.39. The molecule has 132 valence electrons. The van der Waals surface area contributed by atoms with E-state index in [-0.39, 0.29) is 23.3 Å². The van der Waals surface area contributed by atoms with Gasteiger partial charge in [0.2, 0.25) is 0 Å². The van der Waals surface area contributed by atoms with Gasteiger partial charge >= 0.3 is 6.18 Å². The fourth-order valence-electron chi connectivity index (χ4n) is 2.31. The number of carbonyl (C=O) groups is 1. The molecule has 0 unspecified atom stereocenters. The Hall–Kier alpha value is -1.87. The van der Waals surface area contributed by atoms with Gasteiger partial charge in [0.25, 0.3) is 5.56 Å². The molecule has 0 aromatic carbocycles. The Morgan fingerprint density at radius 1 is 1.33 bits per heavy atom. The maximum absolute atomic E-state index is 13.1. The van der Waals surface area contributed by atoms with Crippen LogP contribution in [0.5, 0.6) is 0 Å². The van der Waals surface area contributed by atoms with Crippen molar-refractivity contribution < 1.29 is 22.7 Å². The second kappa shape index (κ2) is 6.56. The van der Waals surface area contributed by atoms with Crippen LogP contribution in [-0.2, 0) is 17.6 Å². The van der Waals surface area contributed by atoms with Crippen molar-refractivity contribution in [3.8, 4) is 0 Å². The number of hydrogen-bond acceptors (Lipinski definition) is 3. The number of aromatic nitrogens is 2. The van der Waals surface area contributed by atoms with Crippen molar-refractivity contribution >= 4 is 25.3 Å². The molecule has 0 radical (unpaired) electrons. The number of hydrogen-bond donors (Lipinski definition) is 1. The predicted octanol–water partition coefficient (Wildman–Crippen LogP) is 3.47. The monoisotopic (exact) mass is 360 g/mol. The lowest BCUT2D eigenvalue weighted by Crippen LogP contribution is -2.22. The Kier molecular flexibility index (Phi) is 5.05. The molecule has 0 bridgehead atoms. The number of nitrogens with one attached hydrogen (secondary N) is 1. The highest BCUT2D eigenvalue weighted by molar-refractivity contribution is 6.76. The zero-order chi connectivity index (χ0) is 18.1. The second-order valence-corrected chi connectivity index (χ2v) is 12.4. The summed E-state index contributed by atoms with van der Waals surface area (Å²) in [4.78, 5) is 25.3. The number of alkyl halides is 3. The Balaban J connectivity index is 2.42. The zero-order valence-electron chi connectivity index (χ0n) is 13.7. The van der Waals surface area contributed by atoms with Crippen molar-refractivity contribution in [2.45, 2.75) is 38.6 Å². The molecular formula is C15H19F3N2O3Si. The van der Waals surface area contributed by atoms with Gasteiger partial charge in [-0.2, -0.15) is 13.2 Å². The zero-order valence-corrected chi connectivity index (χ0v) is 14.7. The Labute approximate surface area is 137 Å². The Morgan fingerprint density at radius 2 is 2.00 bits per heavy atom. The van der Waals surface area contributed by atoms with Gasteiger partial charge in [-0.1, -0.05) is 19.6 Å². The number of fused-ring (bicyclic) bond motifs is 1. The summed E-state index contributed by atoms with van der Waals surface area (Å²) >= 11 is 0. The van der Waals surface area contributed by atoms with Gasteiger partial charge in [0, 0.05) is 26.3 Å². The lowest BCUT2D eigenvalue weighted by Gasteiger charge is -2.16. The number of ether oxygens (including phenoxy) is 1. The molecule has 9 heteroatoms. The summed E-state index contributed by atoms with van der Waals surface area (Å²) in [6.07, 6.45) is -3.59. The maximum atomic E-state index is 13.1. The highest BCUT2D eigenvalue weighted by Crippen LogP contribution is 2.34. The van der Waals surface area contributed by atoms with Crippen LogP contribution in [0.2, 0.25) is 25.7 Å². The van der Waals surface area contributed by atoms with Gasteiger partial charge in [-0.05, 0) is 12.1 Å². The number of halogens is 3. The van der Waals surface area contributed by atoms with Crippen LogP contribution >= 0.6 is 0 Å². The molecule has 2 aromatic heterocycles. The fraction of sp³-hybridized carbons (Fsp3) is 0.467. The Bertz CT molecular complexity index is 803. The van der Waals surface area contributed by atoms with Gasteiger partial charge in [-0.15, -0.1) is 0 Å². The van der Waals surface area contributed by atoms with Gasteiger partial charge in [0.1, 0.15) is 12.2 Å². The molecule has 0 atom stereocenters. The number of pyridine rings is 1. The van der Waals surface area contributed by atoms with Crippen molar-refractivity contribution in [2.75, 3.05) is 6.61 Å². The maximum Gasteiger partial charge on any atom is 0.418 e. The third kappa shape index (κ3) is 3.96. The molecule has 0 spiro atoms. The lowest BCUT2D eigenvalue weighted by molar-refractivity contribution is -0.136. The van der Waals surface area contributed by atoms with Crippen LogP contribution in [0.3, 0.4) is 0 Å². The minimum absolute atomic E-state index is 0.0276. The van der Waals surface area contributed by atoms with E-state index in [2.05, 4.69) is 24.6 Å². The number of aldehydes is 1. The summed E-state index contributed by atoms with van der Waals surface area (Å²) in [5, 5.41) is -0.304. The first-order chi connectivity index (χ1) is 11.0. The average Bonchev–Trinajstić information content (AvgIpc) is 2.81. The van der Waals surface area contributed by atoms with Crippen LogP contribution in [0, 0.1) is 0 Å². The molecule has 0 aliphatic heterocycles. The number of rotatable bonds is 6. The van der Waals surface area contributed by atoms with E-state index in [1.54, 1.807) is 0 Å². The van der Waals surface area contributed by atoms with Gasteiger partial charge in [0.05, 0.1) is 11.3 Å². The SMILES string of the molecule is C[Si](C)(C)CCOCn1c(C=O)cc2c(C(F)(F)F)c[nH]c(=O)c21.